The van der Waals surface area contributed by atoms with E-state index in [0.29, 0.717) is 11.4 Å². The van der Waals surface area contributed by atoms with E-state index in [1.165, 1.54) is 30.3 Å². The van der Waals surface area contributed by atoms with Crippen LogP contribution in [0.3, 0.4) is 0 Å². The van der Waals surface area contributed by atoms with Gasteiger partial charge in [0.05, 0.1) is 65.8 Å². The van der Waals surface area contributed by atoms with Crippen molar-refractivity contribution in [3.63, 3.8) is 0 Å². The number of carbonyl (C=O) groups excluding carboxylic acids is 6. The molecule has 0 saturated carbocycles. The number of carboxylic acid groups (broad SMARTS) is 4. The molecule has 4 rings (SSSR count). The van der Waals surface area contributed by atoms with Crippen molar-refractivity contribution < 1.29 is 92.1 Å². The number of aliphatic carboxylic acids is 4. The van der Waals surface area contributed by atoms with Crippen molar-refractivity contribution in [1.82, 2.24) is 26.2 Å². The van der Waals surface area contributed by atoms with Gasteiger partial charge in [-0.1, -0.05) is 74.1 Å². The number of halogens is 4. The van der Waals surface area contributed by atoms with Gasteiger partial charge in [0, 0.05) is 10.0 Å². The monoisotopic (exact) mass is 1070 g/mol. The first-order chi connectivity index (χ1) is 32.5. The summed E-state index contributed by atoms with van der Waals surface area (Å²) < 4.78 is 10.4. The first-order valence-electron chi connectivity index (χ1n) is 20.9. The summed E-state index contributed by atoms with van der Waals surface area (Å²) in [5, 5.41) is 63.8. The first-order valence-corrected chi connectivity index (χ1v) is 22.5. The Morgan fingerprint density at radius 2 is 1.06 bits per heavy atom. The predicted octanol–water partition coefficient (Wildman–Crippen LogP) is 0.556. The highest BCUT2D eigenvalue weighted by atomic mass is 35.5. The van der Waals surface area contributed by atoms with Crippen LogP contribution in [-0.4, -0.2) is 177 Å². The van der Waals surface area contributed by atoms with Gasteiger partial charge in [0.1, 0.15) is 19.6 Å². The van der Waals surface area contributed by atoms with E-state index >= 15 is 0 Å². The molecular formula is C40H52B2Cl4N6O18. The lowest BCUT2D eigenvalue weighted by molar-refractivity contribution is -0.808. The molecule has 0 bridgehead atoms. The molecule has 0 radical (unpaired) electrons. The van der Waals surface area contributed by atoms with Crippen LogP contribution < -0.4 is 21.3 Å². The molecular weight excluding hydrogens is 1020 g/mol. The minimum absolute atomic E-state index is 0.0493. The lowest BCUT2D eigenvalue weighted by atomic mass is 9.57. The molecule has 0 aromatic heterocycles. The third-order valence-corrected chi connectivity index (χ3v) is 11.1. The molecule has 0 aliphatic carbocycles. The second-order valence-electron chi connectivity index (χ2n) is 16.8. The standard InChI is InChI=1S/C20H24BCl2N3O8.C14H19BCl2N2O4.C6H9NO6/c1-11(2)5-15(21-26(8-17(28)29,9-18(30)33-21)10-19(31)34-21)25-16(27)7-24-20(32)13-6-12(22)3-4-14(13)23;1-8(2)5-12(15(22)23)19-13(20)7-18-14(21)10-6-9(16)3-4-11(10)17;8-4(9)1-7(2-5(10)11)3-6(12)13/h3-4,6,11,15H,5,7-10H2,1-2H3,(H,24,32)(H,25,27)(H,28,29);3-4,6,8,12,22-23H,5,7H2,1-2H3,(H,18,21)(H,19,20);1-3H2,(H,8,9)(H,10,11)(H,12,13)/t15-,21?,26?;12-;/m00./s1. The number of fused-ring (bicyclic) bond motifs is 1. The van der Waals surface area contributed by atoms with Gasteiger partial charge in [-0.3, -0.25) is 48.1 Å². The van der Waals surface area contributed by atoms with Gasteiger partial charge in [0.2, 0.25) is 11.8 Å². The number of carbonyl (C=O) groups is 10. The maximum atomic E-state index is 12.8. The van der Waals surface area contributed by atoms with E-state index < -0.39 is 122 Å². The number of carboxylic acids is 4. The van der Waals surface area contributed by atoms with Crippen molar-refractivity contribution in [2.45, 2.75) is 52.4 Å². The third kappa shape index (κ3) is 19.2. The molecule has 2 aliphatic rings. The highest BCUT2D eigenvalue weighted by Crippen LogP contribution is 2.39. The summed E-state index contributed by atoms with van der Waals surface area (Å²) in [4.78, 5) is 116. The van der Waals surface area contributed by atoms with Crippen LogP contribution in [0.2, 0.25) is 20.1 Å². The van der Waals surface area contributed by atoms with E-state index in [1.54, 1.807) is 6.07 Å². The minimum atomic E-state index is -2.89. The van der Waals surface area contributed by atoms with Crippen LogP contribution in [0.1, 0.15) is 61.3 Å². The predicted molar refractivity (Wildman–Crippen MR) is 250 cm³/mol. The van der Waals surface area contributed by atoms with Gasteiger partial charge in [-0.05, 0) is 61.1 Å². The summed E-state index contributed by atoms with van der Waals surface area (Å²) in [6, 6.07) is 8.75. The van der Waals surface area contributed by atoms with E-state index in [0.717, 1.165) is 4.90 Å². The molecule has 2 saturated heterocycles. The zero-order chi connectivity index (χ0) is 53.3. The summed E-state index contributed by atoms with van der Waals surface area (Å²) in [5.41, 5.74) is 0.239. The number of rotatable bonds is 22. The number of benzene rings is 2. The van der Waals surface area contributed by atoms with Crippen LogP contribution in [0.25, 0.3) is 0 Å². The number of quaternary nitrogens is 1. The minimum Gasteiger partial charge on any atom is -0.599 e. The molecule has 0 unspecified atom stereocenters. The van der Waals surface area contributed by atoms with Crippen molar-refractivity contribution >= 4 is 120 Å². The Labute approximate surface area is 420 Å². The summed E-state index contributed by atoms with van der Waals surface area (Å²) >= 11 is 23.6. The van der Waals surface area contributed by atoms with Gasteiger partial charge in [-0.15, -0.1) is 0 Å². The Hall–Kier alpha value is -5.73. The average molecular weight is 1070 g/mol. The third-order valence-electron chi connectivity index (χ3n) is 9.96. The summed E-state index contributed by atoms with van der Waals surface area (Å²) in [6.45, 7) is 0.669. The smallest absolute Gasteiger partial charge is 0.599 e. The largest absolute Gasteiger partial charge is 0.606 e. The van der Waals surface area contributed by atoms with Gasteiger partial charge in [-0.25, -0.2) is 4.79 Å². The van der Waals surface area contributed by atoms with Crippen molar-refractivity contribution in [1.29, 1.82) is 0 Å². The lowest BCUT2D eigenvalue weighted by Crippen LogP contribution is -2.74. The molecule has 384 valence electrons. The van der Waals surface area contributed by atoms with Crippen LogP contribution in [-0.2, 0) is 47.7 Å². The molecule has 10 N–H and O–H groups in total. The quantitative estimate of drug-likeness (QED) is 0.0720. The Bertz CT molecular complexity index is 2240. The van der Waals surface area contributed by atoms with Crippen molar-refractivity contribution in [2.24, 2.45) is 11.8 Å². The molecule has 2 aromatic carbocycles. The highest BCUT2D eigenvalue weighted by molar-refractivity contribution is 6.68. The fraction of sp³-hybridized carbons (Fsp3) is 0.450. The molecule has 2 heterocycles. The number of hydrogen-bond donors (Lipinski definition) is 10. The van der Waals surface area contributed by atoms with E-state index in [-0.39, 0.29) is 64.1 Å². The second-order valence-corrected chi connectivity index (χ2v) is 18.4. The van der Waals surface area contributed by atoms with Crippen LogP contribution in [0.4, 0.5) is 0 Å². The van der Waals surface area contributed by atoms with Crippen molar-refractivity contribution in [3.05, 3.63) is 67.6 Å². The van der Waals surface area contributed by atoms with E-state index in [4.69, 9.17) is 71.0 Å². The fourth-order valence-corrected chi connectivity index (χ4v) is 8.05. The van der Waals surface area contributed by atoms with Crippen LogP contribution in [0.5, 0.6) is 0 Å². The fourth-order valence-electron chi connectivity index (χ4n) is 7.30. The van der Waals surface area contributed by atoms with Gasteiger partial charge in [-0.2, -0.15) is 0 Å². The molecule has 2 aromatic rings. The molecule has 4 amide bonds. The van der Waals surface area contributed by atoms with Crippen LogP contribution in [0.15, 0.2) is 36.4 Å². The zero-order valence-electron chi connectivity index (χ0n) is 38.0. The summed E-state index contributed by atoms with van der Waals surface area (Å²) in [7, 11) is -1.67. The SMILES string of the molecule is CC(C)C[C@H](NC(=O)CNC(=O)c1cc(Cl)ccc1Cl)B(O)O.CC(C)C[C@H](NC(=O)CNC(=O)c1cc(Cl)ccc1Cl)[B-]12OC(=O)C[N+]1(CC(=O)O)CC(=O)O2.O=C(O)CN(CC(=O)O)CC(=O)O. The van der Waals surface area contributed by atoms with Crippen molar-refractivity contribution in [2.75, 3.05) is 52.4 Å². The Kier molecular flexibility index (Phi) is 23.8. The normalized spacial score (nSPS) is 17.6. The molecule has 2 fully saturated rings. The molecule has 2 atom stereocenters. The van der Waals surface area contributed by atoms with E-state index in [1.807, 2.05) is 27.7 Å². The number of amides is 4. The molecule has 70 heavy (non-hydrogen) atoms. The van der Waals surface area contributed by atoms with Gasteiger partial charge in [0.25, 0.3) is 11.8 Å². The number of nitrogens with one attached hydrogen (secondary N) is 4. The second kappa shape index (κ2) is 27.6. The van der Waals surface area contributed by atoms with E-state index in [2.05, 4.69) is 21.3 Å². The zero-order valence-corrected chi connectivity index (χ0v) is 41.0. The van der Waals surface area contributed by atoms with Crippen molar-refractivity contribution in [3.8, 4) is 0 Å². The van der Waals surface area contributed by atoms with Gasteiger partial charge < -0.3 is 65.4 Å². The Morgan fingerprint density at radius 3 is 1.41 bits per heavy atom. The van der Waals surface area contributed by atoms with Crippen LogP contribution >= 0.6 is 46.4 Å². The molecule has 30 heteroatoms. The lowest BCUT2D eigenvalue weighted by Gasteiger charge is -2.46. The highest BCUT2D eigenvalue weighted by Gasteiger charge is 2.71. The first kappa shape index (κ1) is 60.4. The molecule has 24 nitrogen and oxygen atoms in total. The Morgan fingerprint density at radius 1 is 0.657 bits per heavy atom. The Balaban J connectivity index is 0.000000402. The maximum absolute atomic E-state index is 12.8. The van der Waals surface area contributed by atoms with Gasteiger partial charge >= 0.3 is 49.6 Å². The maximum Gasteiger partial charge on any atom is 0.606 e. The summed E-state index contributed by atoms with van der Waals surface area (Å²) in [6.07, 6.45) is 0.622. The van der Waals surface area contributed by atoms with E-state index in [9.17, 15) is 63.1 Å². The number of nitrogens with zero attached hydrogens (tertiary/aromatic N) is 2. The number of hydrogen-bond acceptors (Lipinski definition) is 15. The van der Waals surface area contributed by atoms with Gasteiger partial charge in [0.15, 0.2) is 0 Å². The molecule has 2 aliphatic heterocycles. The topological polar surface area (TPSA) is 362 Å². The summed E-state index contributed by atoms with van der Waals surface area (Å²) in [5.74, 6) is -10.5. The average Bonchev–Trinajstić information content (AvgIpc) is 3.63. The van der Waals surface area contributed by atoms with Crippen LogP contribution in [0, 0.1) is 11.8 Å². The molecule has 0 spiro atoms.